The molecular weight excluding hydrogens is 436 g/mol. The van der Waals surface area contributed by atoms with Crippen molar-refractivity contribution in [2.24, 2.45) is 5.92 Å². The van der Waals surface area contributed by atoms with Crippen LogP contribution in [0, 0.1) is 5.92 Å². The average Bonchev–Trinajstić information content (AvgIpc) is 2.78. The van der Waals surface area contributed by atoms with E-state index in [1.165, 1.54) is 12.0 Å². The van der Waals surface area contributed by atoms with Crippen LogP contribution in [0.1, 0.15) is 57.2 Å². The zero-order valence-electron chi connectivity index (χ0n) is 20.3. The van der Waals surface area contributed by atoms with Gasteiger partial charge < -0.3 is 30.1 Å². The number of nitrogens with one attached hydrogen (secondary N) is 2. The third kappa shape index (κ3) is 6.18. The quantitative estimate of drug-likeness (QED) is 0.504. The van der Waals surface area contributed by atoms with Gasteiger partial charge in [0.1, 0.15) is 11.9 Å². The molecule has 9 nitrogen and oxygen atoms in total. The molecule has 3 aliphatic rings. The van der Waals surface area contributed by atoms with Gasteiger partial charge in [-0.2, -0.15) is 0 Å². The molecule has 9 heteroatoms. The Bertz CT molecular complexity index is 850. The normalized spacial score (nSPS) is 27.2. The zero-order valence-corrected chi connectivity index (χ0v) is 20.3. The molecular formula is C25H38N4O5. The lowest BCUT2D eigenvalue weighted by Crippen LogP contribution is -2.58. The van der Waals surface area contributed by atoms with Crippen LogP contribution >= 0.6 is 0 Å². The third-order valence-corrected chi connectivity index (χ3v) is 7.21. The molecule has 4 rings (SSSR count). The van der Waals surface area contributed by atoms with Gasteiger partial charge >= 0.3 is 12.0 Å². The van der Waals surface area contributed by atoms with E-state index >= 15 is 0 Å². The van der Waals surface area contributed by atoms with Gasteiger partial charge in [-0.25, -0.2) is 14.6 Å². The molecule has 1 saturated heterocycles. The number of aliphatic carboxylic acids is 1. The summed E-state index contributed by atoms with van der Waals surface area (Å²) in [6.07, 6.45) is 6.76. The fourth-order valence-corrected chi connectivity index (χ4v) is 5.14. The number of carboxylic acid groups (broad SMARTS) is 1. The van der Waals surface area contributed by atoms with Crippen molar-refractivity contribution < 1.29 is 24.2 Å². The first-order valence-corrected chi connectivity index (χ1v) is 12.6. The number of aryl methyl sites for hydroxylation is 2. The Morgan fingerprint density at radius 3 is 2.79 bits per heavy atom. The Labute approximate surface area is 201 Å². The lowest BCUT2D eigenvalue weighted by atomic mass is 9.79. The van der Waals surface area contributed by atoms with Crippen molar-refractivity contribution in [3.05, 3.63) is 23.4 Å². The van der Waals surface area contributed by atoms with Crippen molar-refractivity contribution >= 4 is 17.8 Å². The maximum atomic E-state index is 12.7. The SMILES string of the molecule is CC1COCC(C)N1C(=O)N[C@@H](CCOC1CC(CCc2ccc3c(n2)NCCC3)C1)C(=O)O. The highest BCUT2D eigenvalue weighted by Crippen LogP contribution is 2.34. The molecule has 2 fully saturated rings. The summed E-state index contributed by atoms with van der Waals surface area (Å²) in [5, 5.41) is 15.6. The van der Waals surface area contributed by atoms with E-state index in [1.54, 1.807) is 4.90 Å². The Morgan fingerprint density at radius 1 is 1.29 bits per heavy atom. The van der Waals surface area contributed by atoms with Crippen LogP contribution in [-0.2, 0) is 27.1 Å². The van der Waals surface area contributed by atoms with Crippen molar-refractivity contribution in [1.82, 2.24) is 15.2 Å². The first kappa shape index (κ1) is 24.7. The molecule has 2 unspecified atom stereocenters. The van der Waals surface area contributed by atoms with Crippen LogP contribution in [0.2, 0.25) is 0 Å². The summed E-state index contributed by atoms with van der Waals surface area (Å²) < 4.78 is 11.4. The van der Waals surface area contributed by atoms with Crippen molar-refractivity contribution in [3.8, 4) is 0 Å². The van der Waals surface area contributed by atoms with Crippen LogP contribution < -0.4 is 10.6 Å². The van der Waals surface area contributed by atoms with Gasteiger partial charge in [0.2, 0.25) is 0 Å². The number of hydrogen-bond donors (Lipinski definition) is 3. The zero-order chi connectivity index (χ0) is 24.1. The number of morpholine rings is 1. The summed E-state index contributed by atoms with van der Waals surface area (Å²) in [5.74, 6) is 0.635. The predicted octanol–water partition coefficient (Wildman–Crippen LogP) is 2.83. The molecule has 1 aromatic rings. The fraction of sp³-hybridized carbons (Fsp3) is 0.720. The molecule has 0 spiro atoms. The number of rotatable bonds is 9. The number of hydrogen-bond acceptors (Lipinski definition) is 6. The number of pyridine rings is 1. The standard InChI is InChI=1S/C25H38N4O5/c1-16-14-33-15-17(2)29(16)25(32)28-22(24(30)31)9-11-34-21-12-18(13-21)5-7-20-8-6-19-4-3-10-26-23(19)27-20/h6,8,16-18,21-22H,3-5,7,9-15H2,1-2H3,(H,26,27)(H,28,32)(H,30,31)/t16?,17?,18?,21?,22-/m0/s1. The summed E-state index contributed by atoms with van der Waals surface area (Å²) in [6, 6.07) is 2.86. The molecule has 188 valence electrons. The molecule has 34 heavy (non-hydrogen) atoms. The molecule has 0 bridgehead atoms. The molecule has 1 aromatic heterocycles. The molecule has 1 saturated carbocycles. The Kier molecular flexibility index (Phi) is 8.26. The van der Waals surface area contributed by atoms with E-state index in [0.29, 0.717) is 25.7 Å². The van der Waals surface area contributed by atoms with E-state index in [-0.39, 0.29) is 30.6 Å². The molecule has 3 N–H and O–H groups in total. The second kappa shape index (κ2) is 11.4. The molecule has 1 aliphatic carbocycles. The molecule has 3 heterocycles. The number of carbonyl (C=O) groups is 2. The maximum Gasteiger partial charge on any atom is 0.326 e. The summed E-state index contributed by atoms with van der Waals surface area (Å²) in [7, 11) is 0. The average molecular weight is 475 g/mol. The molecule has 3 atom stereocenters. The molecule has 0 aromatic carbocycles. The van der Waals surface area contributed by atoms with Crippen LogP contribution in [0.5, 0.6) is 0 Å². The maximum absolute atomic E-state index is 12.7. The summed E-state index contributed by atoms with van der Waals surface area (Å²) in [6.45, 7) is 6.05. The first-order valence-electron chi connectivity index (χ1n) is 12.6. The van der Waals surface area contributed by atoms with Gasteiger partial charge in [0.05, 0.1) is 31.4 Å². The third-order valence-electron chi connectivity index (χ3n) is 7.21. The van der Waals surface area contributed by atoms with Gasteiger partial charge in [0.15, 0.2) is 0 Å². The number of ether oxygens (including phenoxy) is 2. The van der Waals surface area contributed by atoms with E-state index in [2.05, 4.69) is 22.8 Å². The minimum atomic E-state index is -1.04. The van der Waals surface area contributed by atoms with Gasteiger partial charge in [-0.05, 0) is 69.9 Å². The molecule has 0 radical (unpaired) electrons. The monoisotopic (exact) mass is 474 g/mol. The summed E-state index contributed by atoms with van der Waals surface area (Å²) in [4.78, 5) is 30.8. The number of carbonyl (C=O) groups excluding carboxylic acids is 1. The van der Waals surface area contributed by atoms with Gasteiger partial charge in [0, 0.05) is 25.3 Å². The van der Waals surface area contributed by atoms with Gasteiger partial charge in [-0.15, -0.1) is 0 Å². The summed E-state index contributed by atoms with van der Waals surface area (Å²) >= 11 is 0. The minimum Gasteiger partial charge on any atom is -0.480 e. The Morgan fingerprint density at radius 2 is 2.06 bits per heavy atom. The topological polar surface area (TPSA) is 113 Å². The van der Waals surface area contributed by atoms with Crippen molar-refractivity contribution in [2.75, 3.05) is 31.7 Å². The fourth-order valence-electron chi connectivity index (χ4n) is 5.14. The second-order valence-electron chi connectivity index (χ2n) is 9.98. The highest BCUT2D eigenvalue weighted by atomic mass is 16.5. The summed E-state index contributed by atoms with van der Waals surface area (Å²) in [5.41, 5.74) is 2.46. The van der Waals surface area contributed by atoms with E-state index < -0.39 is 12.0 Å². The lowest BCUT2D eigenvalue weighted by molar-refractivity contribution is -0.140. The highest BCUT2D eigenvalue weighted by molar-refractivity contribution is 5.83. The highest BCUT2D eigenvalue weighted by Gasteiger charge is 2.33. The number of aromatic nitrogens is 1. The minimum absolute atomic E-state index is 0.0888. The van der Waals surface area contributed by atoms with Gasteiger partial charge in [-0.1, -0.05) is 6.07 Å². The van der Waals surface area contributed by atoms with Crippen LogP contribution in [0.25, 0.3) is 0 Å². The van der Waals surface area contributed by atoms with E-state index in [4.69, 9.17) is 14.5 Å². The van der Waals surface area contributed by atoms with E-state index in [0.717, 1.165) is 50.2 Å². The Hall–Kier alpha value is -2.39. The number of anilines is 1. The smallest absolute Gasteiger partial charge is 0.326 e. The van der Waals surface area contributed by atoms with E-state index in [1.807, 2.05) is 13.8 Å². The van der Waals surface area contributed by atoms with Crippen molar-refractivity contribution in [2.45, 2.75) is 83.0 Å². The van der Waals surface area contributed by atoms with Crippen LogP contribution in [0.15, 0.2) is 12.1 Å². The second-order valence-corrected chi connectivity index (χ2v) is 9.98. The Balaban J connectivity index is 1.14. The van der Waals surface area contributed by atoms with Gasteiger partial charge in [0.25, 0.3) is 0 Å². The number of urea groups is 1. The van der Waals surface area contributed by atoms with Gasteiger partial charge in [-0.3, -0.25) is 0 Å². The first-order chi connectivity index (χ1) is 16.4. The van der Waals surface area contributed by atoms with Crippen molar-refractivity contribution in [1.29, 1.82) is 0 Å². The van der Waals surface area contributed by atoms with Crippen molar-refractivity contribution in [3.63, 3.8) is 0 Å². The molecule has 2 amide bonds. The predicted molar refractivity (Wildman–Crippen MR) is 128 cm³/mol. The number of carboxylic acids is 1. The van der Waals surface area contributed by atoms with Crippen LogP contribution in [-0.4, -0.2) is 77.6 Å². The van der Waals surface area contributed by atoms with Crippen LogP contribution in [0.3, 0.4) is 0 Å². The number of amides is 2. The number of nitrogens with zero attached hydrogens (tertiary/aromatic N) is 2. The molecule has 2 aliphatic heterocycles. The largest absolute Gasteiger partial charge is 0.480 e. The number of fused-ring (bicyclic) bond motifs is 1. The lowest BCUT2D eigenvalue weighted by Gasteiger charge is -2.39. The van der Waals surface area contributed by atoms with Crippen LogP contribution in [0.4, 0.5) is 10.6 Å². The van der Waals surface area contributed by atoms with E-state index in [9.17, 15) is 14.7 Å².